The number of hydrogen-bond acceptors (Lipinski definition) is 4. The van der Waals surface area contributed by atoms with Crippen LogP contribution in [0.3, 0.4) is 0 Å². The fourth-order valence-electron chi connectivity index (χ4n) is 3.66. The Morgan fingerprint density at radius 2 is 2.10 bits per heavy atom. The van der Waals surface area contributed by atoms with Crippen LogP contribution in [-0.4, -0.2) is 67.7 Å². The van der Waals surface area contributed by atoms with Gasteiger partial charge < -0.3 is 20.3 Å². The number of carbonyl (C=O) groups is 1. The van der Waals surface area contributed by atoms with Crippen molar-refractivity contribution < 1.29 is 9.53 Å². The molecule has 5 nitrogen and oxygen atoms in total. The van der Waals surface area contributed by atoms with Crippen LogP contribution in [0.2, 0.25) is 0 Å². The van der Waals surface area contributed by atoms with Gasteiger partial charge in [-0.25, -0.2) is 0 Å². The molecule has 1 amide bonds. The largest absolute Gasteiger partial charge is 0.383 e. The Labute approximate surface area is 128 Å². The second-order valence-corrected chi connectivity index (χ2v) is 6.69. The number of hydrogen-bond donors (Lipinski definition) is 1. The van der Waals surface area contributed by atoms with Crippen LogP contribution in [0.25, 0.3) is 0 Å². The lowest BCUT2D eigenvalue weighted by Gasteiger charge is -2.40. The Morgan fingerprint density at radius 1 is 1.29 bits per heavy atom. The molecule has 0 aliphatic carbocycles. The Bertz CT molecular complexity index is 337. The third kappa shape index (κ3) is 4.66. The number of methoxy groups -OCH3 is 1. The van der Waals surface area contributed by atoms with E-state index in [1.807, 2.05) is 4.90 Å². The van der Waals surface area contributed by atoms with Gasteiger partial charge in [-0.05, 0) is 45.1 Å². The number of nitrogens with two attached hydrogens (primary N) is 1. The second kappa shape index (κ2) is 8.11. The molecule has 21 heavy (non-hydrogen) atoms. The van der Waals surface area contributed by atoms with Crippen molar-refractivity contribution in [1.29, 1.82) is 0 Å². The number of ether oxygens (including phenoxy) is 1. The molecular weight excluding hydrogens is 266 g/mol. The first-order chi connectivity index (χ1) is 10.1. The number of piperidine rings is 2. The van der Waals surface area contributed by atoms with Crippen molar-refractivity contribution in [3.63, 3.8) is 0 Å². The van der Waals surface area contributed by atoms with Crippen LogP contribution in [0, 0.1) is 5.92 Å². The van der Waals surface area contributed by atoms with Gasteiger partial charge in [0, 0.05) is 32.8 Å². The Kier molecular flexibility index (Phi) is 6.45. The molecule has 0 saturated carbocycles. The fourth-order valence-corrected chi connectivity index (χ4v) is 3.66. The van der Waals surface area contributed by atoms with E-state index in [-0.39, 0.29) is 5.91 Å². The van der Waals surface area contributed by atoms with E-state index in [0.717, 1.165) is 26.1 Å². The molecule has 0 bridgehead atoms. The van der Waals surface area contributed by atoms with Gasteiger partial charge in [-0.2, -0.15) is 0 Å². The summed E-state index contributed by atoms with van der Waals surface area (Å²) < 4.78 is 5.00. The van der Waals surface area contributed by atoms with Gasteiger partial charge >= 0.3 is 0 Å². The van der Waals surface area contributed by atoms with Crippen molar-refractivity contribution in [1.82, 2.24) is 9.80 Å². The monoisotopic (exact) mass is 297 g/mol. The number of likely N-dealkylation sites (tertiary alicyclic amines) is 2. The molecule has 0 aromatic heterocycles. The summed E-state index contributed by atoms with van der Waals surface area (Å²) in [6.45, 7) is 6.70. The van der Waals surface area contributed by atoms with E-state index in [0.29, 0.717) is 18.6 Å². The first-order valence-corrected chi connectivity index (χ1v) is 8.39. The molecule has 3 atom stereocenters. The summed E-state index contributed by atoms with van der Waals surface area (Å²) in [6.07, 6.45) is 6.32. The summed E-state index contributed by atoms with van der Waals surface area (Å²) in [7, 11) is 1.59. The first kappa shape index (κ1) is 16.7. The average Bonchev–Trinajstić information content (AvgIpc) is 2.49. The van der Waals surface area contributed by atoms with E-state index in [9.17, 15) is 4.79 Å². The van der Waals surface area contributed by atoms with Crippen molar-refractivity contribution in [2.75, 3.05) is 39.9 Å². The fraction of sp³-hybridized carbons (Fsp3) is 0.938. The van der Waals surface area contributed by atoms with Crippen LogP contribution in [0.5, 0.6) is 0 Å². The van der Waals surface area contributed by atoms with Crippen molar-refractivity contribution in [3.05, 3.63) is 0 Å². The van der Waals surface area contributed by atoms with E-state index >= 15 is 0 Å². The van der Waals surface area contributed by atoms with Gasteiger partial charge in [0.1, 0.15) is 6.04 Å². The predicted molar refractivity (Wildman–Crippen MR) is 84.0 cm³/mol. The highest BCUT2D eigenvalue weighted by Gasteiger charge is 2.29. The first-order valence-electron chi connectivity index (χ1n) is 8.39. The topological polar surface area (TPSA) is 58.8 Å². The maximum absolute atomic E-state index is 12.3. The van der Waals surface area contributed by atoms with Gasteiger partial charge in [0.05, 0.1) is 6.61 Å². The average molecular weight is 297 g/mol. The van der Waals surface area contributed by atoms with E-state index in [2.05, 4.69) is 11.8 Å². The zero-order chi connectivity index (χ0) is 15.2. The maximum Gasteiger partial charge on any atom is 0.241 e. The smallest absolute Gasteiger partial charge is 0.241 e. The molecule has 122 valence electrons. The van der Waals surface area contributed by atoms with Crippen LogP contribution in [0.1, 0.15) is 39.0 Å². The lowest BCUT2D eigenvalue weighted by Crippen LogP contribution is -2.51. The summed E-state index contributed by atoms with van der Waals surface area (Å²) in [4.78, 5) is 16.9. The van der Waals surface area contributed by atoms with E-state index in [4.69, 9.17) is 10.5 Å². The van der Waals surface area contributed by atoms with Gasteiger partial charge in [-0.15, -0.1) is 0 Å². The highest BCUT2D eigenvalue weighted by molar-refractivity contribution is 5.81. The van der Waals surface area contributed by atoms with Gasteiger partial charge in [0.2, 0.25) is 5.91 Å². The minimum Gasteiger partial charge on any atom is -0.383 e. The highest BCUT2D eigenvalue weighted by Crippen LogP contribution is 2.23. The predicted octanol–water partition coefficient (Wildman–Crippen LogP) is 1.07. The summed E-state index contributed by atoms with van der Waals surface area (Å²) in [5.41, 5.74) is 5.88. The number of carbonyl (C=O) groups excluding carboxylic acids is 1. The second-order valence-electron chi connectivity index (χ2n) is 6.69. The number of rotatable bonds is 5. The standard InChI is InChI=1S/C16H31N3O2/c1-13-6-3-4-8-18(13)10-14-7-5-9-19(11-14)16(20)15(17)12-21-2/h13-15H,3-12,17H2,1-2H3. The zero-order valence-corrected chi connectivity index (χ0v) is 13.6. The van der Waals surface area contributed by atoms with Crippen LogP contribution in [0.15, 0.2) is 0 Å². The molecule has 2 aliphatic rings. The molecule has 2 aliphatic heterocycles. The molecule has 2 fully saturated rings. The van der Waals surface area contributed by atoms with E-state index in [1.165, 1.54) is 32.2 Å². The normalized spacial score (nSPS) is 29.4. The Hall–Kier alpha value is -0.650. The van der Waals surface area contributed by atoms with Gasteiger partial charge in [-0.3, -0.25) is 4.79 Å². The molecule has 2 saturated heterocycles. The molecule has 3 unspecified atom stereocenters. The third-order valence-electron chi connectivity index (χ3n) is 4.93. The minimum absolute atomic E-state index is 0.0493. The SMILES string of the molecule is COCC(N)C(=O)N1CCCC(CN2CCCCC2C)C1. The molecule has 0 radical (unpaired) electrons. The molecule has 0 aromatic rings. The number of amides is 1. The van der Waals surface area contributed by atoms with Crippen molar-refractivity contribution in [3.8, 4) is 0 Å². The molecule has 2 rings (SSSR count). The van der Waals surface area contributed by atoms with Crippen LogP contribution < -0.4 is 5.73 Å². The Balaban J connectivity index is 1.84. The van der Waals surface area contributed by atoms with Crippen LogP contribution >= 0.6 is 0 Å². The van der Waals surface area contributed by atoms with Crippen molar-refractivity contribution in [2.24, 2.45) is 11.7 Å². The molecule has 0 aromatic carbocycles. The molecule has 5 heteroatoms. The summed E-state index contributed by atoms with van der Waals surface area (Å²) in [6, 6.07) is 0.184. The van der Waals surface area contributed by atoms with Crippen molar-refractivity contribution >= 4 is 5.91 Å². The third-order valence-corrected chi connectivity index (χ3v) is 4.93. The summed E-state index contributed by atoms with van der Waals surface area (Å²) in [5, 5.41) is 0. The lowest BCUT2D eigenvalue weighted by atomic mass is 9.94. The molecule has 2 N–H and O–H groups in total. The van der Waals surface area contributed by atoms with Crippen LogP contribution in [-0.2, 0) is 9.53 Å². The highest BCUT2D eigenvalue weighted by atomic mass is 16.5. The van der Waals surface area contributed by atoms with Gasteiger partial charge in [0.25, 0.3) is 0 Å². The molecule has 2 heterocycles. The Morgan fingerprint density at radius 3 is 2.81 bits per heavy atom. The minimum atomic E-state index is -0.511. The maximum atomic E-state index is 12.3. The van der Waals surface area contributed by atoms with Gasteiger partial charge in [-0.1, -0.05) is 6.42 Å². The van der Waals surface area contributed by atoms with Crippen molar-refractivity contribution in [2.45, 2.75) is 51.1 Å². The lowest BCUT2D eigenvalue weighted by molar-refractivity contribution is -0.135. The molecular formula is C16H31N3O2. The van der Waals surface area contributed by atoms with Crippen LogP contribution in [0.4, 0.5) is 0 Å². The van der Waals surface area contributed by atoms with Gasteiger partial charge in [0.15, 0.2) is 0 Å². The quantitative estimate of drug-likeness (QED) is 0.825. The zero-order valence-electron chi connectivity index (χ0n) is 13.6. The van der Waals surface area contributed by atoms with E-state index < -0.39 is 6.04 Å². The van der Waals surface area contributed by atoms with E-state index in [1.54, 1.807) is 7.11 Å². The molecule has 0 spiro atoms. The summed E-state index contributed by atoms with van der Waals surface area (Å²) >= 11 is 0. The number of nitrogens with zero attached hydrogens (tertiary/aromatic N) is 2. The summed E-state index contributed by atoms with van der Waals surface area (Å²) in [5.74, 6) is 0.645.